The summed E-state index contributed by atoms with van der Waals surface area (Å²) in [6.07, 6.45) is 5.43. The average Bonchev–Trinajstić information content (AvgIpc) is 2.82. The van der Waals surface area contributed by atoms with E-state index < -0.39 is 6.04 Å². The molecule has 0 aliphatic carbocycles. The van der Waals surface area contributed by atoms with Gasteiger partial charge in [0, 0.05) is 18.7 Å². The second-order valence-corrected chi connectivity index (χ2v) is 8.72. The molecule has 2 aliphatic heterocycles. The number of nitrogens with one attached hydrogen (secondary N) is 2. The number of rotatable bonds is 6. The molecule has 0 amide bonds. The molecule has 2 aromatic rings. The first-order valence-electron chi connectivity index (χ1n) is 11.4. The summed E-state index contributed by atoms with van der Waals surface area (Å²) in [5.74, 6) is 2.15. The SMILES string of the molecule is CC1CCCN(CCCOc2ccc(C3N=C(NC#N)Nc4nc(N)c(C#N)c(N)c43)cc2)C1. The van der Waals surface area contributed by atoms with Crippen LogP contribution in [0, 0.1) is 28.7 Å². The highest BCUT2D eigenvalue weighted by atomic mass is 16.5. The molecule has 2 atom stereocenters. The molecule has 4 rings (SSSR count). The Morgan fingerprint density at radius 2 is 2.06 bits per heavy atom. The highest BCUT2D eigenvalue weighted by Crippen LogP contribution is 2.40. The number of nitrogens with two attached hydrogens (primary N) is 2. The van der Waals surface area contributed by atoms with Crippen molar-refractivity contribution < 1.29 is 4.74 Å². The van der Waals surface area contributed by atoms with Crippen LogP contribution < -0.4 is 26.8 Å². The van der Waals surface area contributed by atoms with E-state index in [2.05, 4.69) is 32.4 Å². The van der Waals surface area contributed by atoms with Gasteiger partial charge in [-0.3, -0.25) is 5.32 Å². The molecule has 0 spiro atoms. The lowest BCUT2D eigenvalue weighted by atomic mass is 9.95. The third-order valence-electron chi connectivity index (χ3n) is 6.18. The van der Waals surface area contributed by atoms with E-state index in [1.165, 1.54) is 25.9 Å². The van der Waals surface area contributed by atoms with Crippen molar-refractivity contribution >= 4 is 23.3 Å². The van der Waals surface area contributed by atoms with Crippen LogP contribution in [0.25, 0.3) is 0 Å². The van der Waals surface area contributed by atoms with Gasteiger partial charge in [0.25, 0.3) is 0 Å². The fraction of sp³-hybridized carbons (Fsp3) is 0.417. The van der Waals surface area contributed by atoms with E-state index in [-0.39, 0.29) is 23.0 Å². The van der Waals surface area contributed by atoms with Crippen LogP contribution in [0.2, 0.25) is 0 Å². The number of aromatic nitrogens is 1. The lowest BCUT2D eigenvalue weighted by Crippen LogP contribution is -2.35. The number of hydrogen-bond acceptors (Lipinski definition) is 10. The van der Waals surface area contributed by atoms with Gasteiger partial charge in [0.1, 0.15) is 35.1 Å². The van der Waals surface area contributed by atoms with Crippen LogP contribution in [-0.2, 0) is 0 Å². The van der Waals surface area contributed by atoms with Gasteiger partial charge in [0.15, 0.2) is 6.19 Å². The summed E-state index contributed by atoms with van der Waals surface area (Å²) < 4.78 is 5.94. The Labute approximate surface area is 199 Å². The number of nitriles is 2. The second kappa shape index (κ2) is 10.3. The van der Waals surface area contributed by atoms with E-state index >= 15 is 0 Å². The maximum absolute atomic E-state index is 9.45. The van der Waals surface area contributed by atoms with Crippen LogP contribution in [0.4, 0.5) is 17.3 Å². The number of piperidine rings is 1. The molecular weight excluding hydrogens is 430 g/mol. The quantitative estimate of drug-likeness (QED) is 0.289. The van der Waals surface area contributed by atoms with Gasteiger partial charge < -0.3 is 26.4 Å². The Hall–Kier alpha value is -4.02. The zero-order chi connectivity index (χ0) is 24.1. The maximum atomic E-state index is 9.45. The number of anilines is 3. The van der Waals surface area contributed by atoms with Crippen molar-refractivity contribution in [3.05, 3.63) is 41.0 Å². The summed E-state index contributed by atoms with van der Waals surface area (Å²) in [7, 11) is 0. The van der Waals surface area contributed by atoms with Gasteiger partial charge in [-0.15, -0.1) is 0 Å². The van der Waals surface area contributed by atoms with Crippen molar-refractivity contribution in [2.24, 2.45) is 10.9 Å². The molecule has 10 heteroatoms. The number of benzene rings is 1. The van der Waals surface area contributed by atoms with Gasteiger partial charge in [0.2, 0.25) is 5.96 Å². The first-order valence-corrected chi connectivity index (χ1v) is 11.4. The average molecular weight is 460 g/mol. The van der Waals surface area contributed by atoms with Crippen molar-refractivity contribution in [3.63, 3.8) is 0 Å². The highest BCUT2D eigenvalue weighted by molar-refractivity contribution is 5.98. The molecule has 34 heavy (non-hydrogen) atoms. The lowest BCUT2D eigenvalue weighted by molar-refractivity contribution is 0.170. The zero-order valence-corrected chi connectivity index (χ0v) is 19.2. The van der Waals surface area contributed by atoms with Crippen molar-refractivity contribution in [3.8, 4) is 18.0 Å². The van der Waals surface area contributed by atoms with Crippen LogP contribution in [0.1, 0.15) is 48.9 Å². The van der Waals surface area contributed by atoms with Crippen molar-refractivity contribution in [2.45, 2.75) is 32.2 Å². The van der Waals surface area contributed by atoms with Crippen LogP contribution in [0.3, 0.4) is 0 Å². The standard InChI is InChI=1S/C24H29N9O/c1-15-4-2-9-33(13-15)10-3-11-34-17-7-5-16(6-8-17)21-19-20(27)18(12-25)22(28)31-23(19)32-24(30-21)29-14-26/h5-8,15,21H,2-4,9-11,13H2,1H3,(H6,27,28,29,30,31,32). The van der Waals surface area contributed by atoms with E-state index in [4.69, 9.17) is 21.5 Å². The predicted octanol–water partition coefficient (Wildman–Crippen LogP) is 2.56. The molecule has 10 nitrogen and oxygen atoms in total. The molecule has 0 bridgehead atoms. The number of pyridine rings is 1. The third kappa shape index (κ3) is 4.98. The van der Waals surface area contributed by atoms with E-state index in [9.17, 15) is 5.26 Å². The van der Waals surface area contributed by atoms with Gasteiger partial charge >= 0.3 is 0 Å². The number of guanidine groups is 1. The molecule has 0 saturated carbocycles. The van der Waals surface area contributed by atoms with E-state index in [1.807, 2.05) is 36.5 Å². The Balaban J connectivity index is 1.47. The number of fused-ring (bicyclic) bond motifs is 1. The molecule has 3 heterocycles. The van der Waals surface area contributed by atoms with Crippen LogP contribution in [0.5, 0.6) is 5.75 Å². The third-order valence-corrected chi connectivity index (χ3v) is 6.18. The largest absolute Gasteiger partial charge is 0.494 e. The topological polar surface area (TPSA) is 161 Å². The molecule has 1 aromatic heterocycles. The highest BCUT2D eigenvalue weighted by Gasteiger charge is 2.29. The van der Waals surface area contributed by atoms with Gasteiger partial charge in [-0.05, 0) is 49.4 Å². The summed E-state index contributed by atoms with van der Waals surface area (Å²) >= 11 is 0. The van der Waals surface area contributed by atoms with E-state index in [0.29, 0.717) is 18.0 Å². The van der Waals surface area contributed by atoms with Gasteiger partial charge in [-0.1, -0.05) is 19.1 Å². The first-order chi connectivity index (χ1) is 16.5. The molecule has 0 radical (unpaired) electrons. The minimum Gasteiger partial charge on any atom is -0.494 e. The number of likely N-dealkylation sites (tertiary alicyclic amines) is 1. The van der Waals surface area contributed by atoms with E-state index in [1.54, 1.807) is 0 Å². The summed E-state index contributed by atoms with van der Waals surface area (Å²) in [4.78, 5) is 11.4. The fourth-order valence-electron chi connectivity index (χ4n) is 4.54. The van der Waals surface area contributed by atoms with Gasteiger partial charge in [-0.25, -0.2) is 9.98 Å². The van der Waals surface area contributed by atoms with Crippen LogP contribution in [-0.4, -0.2) is 42.1 Å². The second-order valence-electron chi connectivity index (χ2n) is 8.72. The van der Waals surface area contributed by atoms with Crippen molar-refractivity contribution in [1.29, 1.82) is 10.5 Å². The molecule has 1 fully saturated rings. The summed E-state index contributed by atoms with van der Waals surface area (Å²) in [6, 6.07) is 9.01. The predicted molar refractivity (Wildman–Crippen MR) is 131 cm³/mol. The smallest absolute Gasteiger partial charge is 0.211 e. The number of ether oxygens (including phenoxy) is 1. The Bertz CT molecular complexity index is 1150. The molecule has 1 aromatic carbocycles. The minimum absolute atomic E-state index is 0.0194. The molecule has 6 N–H and O–H groups in total. The Kier molecular flexibility index (Phi) is 7.00. The molecule has 1 saturated heterocycles. The number of hydrogen-bond donors (Lipinski definition) is 4. The summed E-state index contributed by atoms with van der Waals surface area (Å²) in [5.41, 5.74) is 13.9. The Morgan fingerprint density at radius 1 is 1.26 bits per heavy atom. The Morgan fingerprint density at radius 3 is 2.76 bits per heavy atom. The molecular formula is C24H29N9O. The molecule has 176 valence electrons. The maximum Gasteiger partial charge on any atom is 0.211 e. The van der Waals surface area contributed by atoms with Crippen LogP contribution >= 0.6 is 0 Å². The van der Waals surface area contributed by atoms with Crippen molar-refractivity contribution in [2.75, 3.05) is 43.0 Å². The number of aliphatic imine (C=N–C) groups is 1. The van der Waals surface area contributed by atoms with Gasteiger partial charge in [0.05, 0.1) is 12.3 Å². The normalized spacial score (nSPS) is 19.7. The first kappa shape index (κ1) is 23.1. The number of nitrogen functional groups attached to an aromatic ring is 2. The minimum atomic E-state index is -0.567. The fourth-order valence-corrected chi connectivity index (χ4v) is 4.54. The number of nitrogens with zero attached hydrogens (tertiary/aromatic N) is 5. The van der Waals surface area contributed by atoms with Crippen LogP contribution in [0.15, 0.2) is 29.3 Å². The molecule has 2 aliphatic rings. The van der Waals surface area contributed by atoms with E-state index in [0.717, 1.165) is 30.2 Å². The summed E-state index contributed by atoms with van der Waals surface area (Å²) in [6.45, 7) is 6.36. The van der Waals surface area contributed by atoms with Gasteiger partial charge in [-0.2, -0.15) is 10.5 Å². The summed E-state index contributed by atoms with van der Waals surface area (Å²) in [5, 5.41) is 23.9. The van der Waals surface area contributed by atoms with Crippen molar-refractivity contribution in [1.82, 2.24) is 15.2 Å². The monoisotopic (exact) mass is 459 g/mol. The molecule has 2 unspecified atom stereocenters. The zero-order valence-electron chi connectivity index (χ0n) is 19.2. The lowest BCUT2D eigenvalue weighted by Gasteiger charge is -2.30.